The van der Waals surface area contributed by atoms with Crippen molar-refractivity contribution in [2.75, 3.05) is 107 Å². The molecule has 2 heterocycles. The van der Waals surface area contributed by atoms with Crippen LogP contribution in [0.2, 0.25) is 0 Å². The first-order valence-corrected chi connectivity index (χ1v) is 15.0. The highest BCUT2D eigenvalue weighted by Crippen LogP contribution is 2.62. The highest BCUT2D eigenvalue weighted by Gasteiger charge is 2.64. The average Bonchev–Trinajstić information content (AvgIpc) is 3.34. The molecule has 1 fully saturated rings. The molecule has 1 spiro atoms. The van der Waals surface area contributed by atoms with Gasteiger partial charge in [0.15, 0.2) is 11.5 Å². The van der Waals surface area contributed by atoms with Gasteiger partial charge in [0.25, 0.3) is 0 Å². The Kier molecular flexibility index (Phi) is 11.3. The monoisotopic (exact) mass is 577 g/mol. The van der Waals surface area contributed by atoms with Crippen LogP contribution in [0.15, 0.2) is 24.3 Å². The molecule has 0 N–H and O–H groups in total. The summed E-state index contributed by atoms with van der Waals surface area (Å²) in [6.45, 7) is 7.53. The predicted octanol–water partition coefficient (Wildman–Crippen LogP) is 2.25. The number of nitrogens with zero attached hydrogens (tertiary/aromatic N) is 1. The maximum absolute atomic E-state index is 6.73. The Balaban J connectivity index is 0.968. The lowest BCUT2D eigenvalue weighted by Crippen LogP contribution is -2.65. The Morgan fingerprint density at radius 2 is 1.41 bits per heavy atom. The zero-order valence-electron chi connectivity index (χ0n) is 24.8. The van der Waals surface area contributed by atoms with Crippen LogP contribution in [0.4, 0.5) is 0 Å². The number of benzene rings is 1. The van der Waals surface area contributed by atoms with E-state index in [2.05, 4.69) is 36.2 Å². The van der Waals surface area contributed by atoms with Gasteiger partial charge in [-0.1, -0.05) is 18.2 Å². The summed E-state index contributed by atoms with van der Waals surface area (Å²) in [5, 5.41) is 0. The molecule has 5 rings (SSSR count). The minimum Gasteiger partial charge on any atom is -0.493 e. The molecule has 2 unspecified atom stereocenters. The summed E-state index contributed by atoms with van der Waals surface area (Å²) in [6.07, 6.45) is 6.54. The van der Waals surface area contributed by atoms with Gasteiger partial charge in [0.05, 0.1) is 86.4 Å². The number of likely N-dealkylation sites (N-methyl/N-ethyl adjacent to an activating group) is 1. The van der Waals surface area contributed by atoms with Crippen molar-refractivity contribution in [2.24, 2.45) is 5.92 Å². The number of likely N-dealkylation sites (tertiary alicyclic amines) is 1. The lowest BCUT2D eigenvalue weighted by atomic mass is 9.53. The van der Waals surface area contributed by atoms with Gasteiger partial charge in [-0.3, -0.25) is 0 Å². The first-order chi connectivity index (χ1) is 20.2. The Hall–Kier alpha value is -1.76. The standard InChI is InChI=1S/C31H47NO9/c1-32-9-8-31-24-5-7-27(30(31)41-29-26(34-3)6-4-23(28(29)31)22-25(24)32)40-21-20-39-19-18-38-17-16-37-15-14-36-13-12-35-11-10-33-2/h4-7,24-25,27,30H,8-22H2,1-3H3/t24?,25?,27-,30-,31-/m0/s1. The van der Waals surface area contributed by atoms with Gasteiger partial charge in [0.2, 0.25) is 0 Å². The molecule has 2 aliphatic heterocycles. The van der Waals surface area contributed by atoms with Crippen molar-refractivity contribution in [2.45, 2.75) is 36.5 Å². The molecule has 1 saturated heterocycles. The summed E-state index contributed by atoms with van der Waals surface area (Å²) in [4.78, 5) is 2.52. The maximum atomic E-state index is 6.73. The molecule has 4 aliphatic rings. The van der Waals surface area contributed by atoms with Crippen LogP contribution < -0.4 is 9.47 Å². The minimum atomic E-state index is -0.123. The predicted molar refractivity (Wildman–Crippen MR) is 152 cm³/mol. The number of piperidine rings is 1. The quantitative estimate of drug-likeness (QED) is 0.170. The summed E-state index contributed by atoms with van der Waals surface area (Å²) in [7, 11) is 5.63. The molecule has 0 saturated carbocycles. The molecule has 10 nitrogen and oxygen atoms in total. The number of rotatable bonds is 20. The number of methoxy groups -OCH3 is 2. The molecule has 10 heteroatoms. The van der Waals surface area contributed by atoms with E-state index in [9.17, 15) is 0 Å². The van der Waals surface area contributed by atoms with Crippen LogP contribution in [0.25, 0.3) is 0 Å². The lowest BCUT2D eigenvalue weighted by Gasteiger charge is -2.56. The number of ether oxygens (including phenoxy) is 9. The van der Waals surface area contributed by atoms with Gasteiger partial charge in [-0.25, -0.2) is 0 Å². The first kappa shape index (κ1) is 30.7. The van der Waals surface area contributed by atoms with E-state index in [1.807, 2.05) is 0 Å². The van der Waals surface area contributed by atoms with Gasteiger partial charge in [-0.2, -0.15) is 0 Å². The van der Waals surface area contributed by atoms with Crippen LogP contribution in [-0.4, -0.2) is 130 Å². The Labute approximate surface area is 244 Å². The van der Waals surface area contributed by atoms with Crippen molar-refractivity contribution >= 4 is 0 Å². The fourth-order valence-corrected chi connectivity index (χ4v) is 6.88. The second kappa shape index (κ2) is 15.1. The van der Waals surface area contributed by atoms with Gasteiger partial charge in [-0.05, 0) is 38.1 Å². The molecule has 230 valence electrons. The largest absolute Gasteiger partial charge is 0.493 e. The van der Waals surface area contributed by atoms with Gasteiger partial charge < -0.3 is 47.5 Å². The van der Waals surface area contributed by atoms with E-state index in [1.54, 1.807) is 14.2 Å². The van der Waals surface area contributed by atoms with Crippen molar-refractivity contribution < 1.29 is 42.6 Å². The van der Waals surface area contributed by atoms with Gasteiger partial charge >= 0.3 is 0 Å². The van der Waals surface area contributed by atoms with E-state index in [1.165, 1.54) is 11.1 Å². The normalized spacial score (nSPS) is 27.6. The maximum Gasteiger partial charge on any atom is 0.165 e. The Bertz CT molecular complexity index is 991. The average molecular weight is 578 g/mol. The van der Waals surface area contributed by atoms with Crippen molar-refractivity contribution in [1.82, 2.24) is 4.90 Å². The van der Waals surface area contributed by atoms with Gasteiger partial charge in [0.1, 0.15) is 12.2 Å². The number of hydrogen-bond acceptors (Lipinski definition) is 10. The van der Waals surface area contributed by atoms with Crippen molar-refractivity contribution in [1.29, 1.82) is 0 Å². The van der Waals surface area contributed by atoms with Crippen LogP contribution in [0, 0.1) is 5.92 Å². The third-order valence-electron chi connectivity index (χ3n) is 8.79. The SMILES string of the molecule is COCCOCCOCCOCCOCCOCCO[C@H]1C=CC2C3Cc4ccc(OC)c5c4[C@@]2(CCN3C)[C@H]1O5. The van der Waals surface area contributed by atoms with E-state index >= 15 is 0 Å². The molecule has 41 heavy (non-hydrogen) atoms. The highest BCUT2D eigenvalue weighted by atomic mass is 16.6. The minimum absolute atomic E-state index is 0.0537. The molecule has 0 radical (unpaired) electrons. The Morgan fingerprint density at radius 1 is 0.805 bits per heavy atom. The van der Waals surface area contributed by atoms with E-state index in [0.29, 0.717) is 91.2 Å². The van der Waals surface area contributed by atoms with Crippen molar-refractivity contribution in [3.63, 3.8) is 0 Å². The molecule has 2 bridgehead atoms. The third kappa shape index (κ3) is 6.75. The second-order valence-corrected chi connectivity index (χ2v) is 11.0. The third-order valence-corrected chi connectivity index (χ3v) is 8.79. The summed E-state index contributed by atoms with van der Waals surface area (Å²) < 4.78 is 51.4. The van der Waals surface area contributed by atoms with Crippen molar-refractivity contribution in [3.8, 4) is 11.5 Å². The van der Waals surface area contributed by atoms with E-state index < -0.39 is 0 Å². The number of hydrogen-bond donors (Lipinski definition) is 0. The van der Waals surface area contributed by atoms with Gasteiger partial charge in [-0.15, -0.1) is 0 Å². The summed E-state index contributed by atoms with van der Waals surface area (Å²) in [6, 6.07) is 4.78. The highest BCUT2D eigenvalue weighted by molar-refractivity contribution is 5.62. The summed E-state index contributed by atoms with van der Waals surface area (Å²) in [5.74, 6) is 2.17. The smallest absolute Gasteiger partial charge is 0.165 e. The topological polar surface area (TPSA) is 86.3 Å². The van der Waals surface area contributed by atoms with Crippen LogP contribution in [0.3, 0.4) is 0 Å². The van der Waals surface area contributed by atoms with Crippen LogP contribution in [-0.2, 0) is 45.0 Å². The summed E-state index contributed by atoms with van der Waals surface area (Å²) in [5.41, 5.74) is 2.70. The second-order valence-electron chi connectivity index (χ2n) is 11.0. The lowest BCUT2D eigenvalue weighted by molar-refractivity contribution is -0.0818. The van der Waals surface area contributed by atoms with Crippen LogP contribution >= 0.6 is 0 Å². The van der Waals surface area contributed by atoms with E-state index in [4.69, 9.17) is 42.6 Å². The molecular weight excluding hydrogens is 530 g/mol. The molecule has 0 amide bonds. The molecule has 1 aromatic rings. The molecule has 5 atom stereocenters. The molecule has 0 aromatic heterocycles. The zero-order valence-corrected chi connectivity index (χ0v) is 24.8. The van der Waals surface area contributed by atoms with Crippen LogP contribution in [0.5, 0.6) is 11.5 Å². The first-order valence-electron chi connectivity index (χ1n) is 15.0. The zero-order chi connectivity index (χ0) is 28.5. The molecule has 2 aliphatic carbocycles. The molecular formula is C31H47NO9. The van der Waals surface area contributed by atoms with E-state index in [-0.39, 0.29) is 17.6 Å². The van der Waals surface area contributed by atoms with E-state index in [0.717, 1.165) is 30.9 Å². The fraction of sp³-hybridized carbons (Fsp3) is 0.742. The van der Waals surface area contributed by atoms with Gasteiger partial charge in [0, 0.05) is 30.0 Å². The van der Waals surface area contributed by atoms with Crippen molar-refractivity contribution in [3.05, 3.63) is 35.4 Å². The Morgan fingerprint density at radius 3 is 2.02 bits per heavy atom. The fourth-order valence-electron chi connectivity index (χ4n) is 6.88. The summed E-state index contributed by atoms with van der Waals surface area (Å²) >= 11 is 0. The molecule has 1 aromatic carbocycles. The van der Waals surface area contributed by atoms with Crippen LogP contribution in [0.1, 0.15) is 17.5 Å².